The third-order valence-corrected chi connectivity index (χ3v) is 5.25. The van der Waals surface area contributed by atoms with E-state index in [2.05, 4.69) is 10.3 Å². The Labute approximate surface area is 147 Å². The fourth-order valence-electron chi connectivity index (χ4n) is 2.35. The molecule has 0 aliphatic heterocycles. The number of benzene rings is 1. The minimum absolute atomic E-state index is 0.125. The summed E-state index contributed by atoms with van der Waals surface area (Å²) in [7, 11) is 0. The maximum atomic E-state index is 12.9. The van der Waals surface area contributed by atoms with Crippen LogP contribution >= 0.6 is 11.3 Å². The Morgan fingerprint density at radius 3 is 2.64 bits per heavy atom. The van der Waals surface area contributed by atoms with Crippen LogP contribution < -0.4 is 10.1 Å². The zero-order valence-corrected chi connectivity index (χ0v) is 14.4. The SMILES string of the molecule is Cc1nc(COc2ccc(F)cc2)sc1C(=O)NCC1(C(=O)O)CC1. The van der Waals surface area contributed by atoms with Gasteiger partial charge in [-0.15, -0.1) is 11.3 Å². The lowest BCUT2D eigenvalue weighted by Crippen LogP contribution is -2.34. The van der Waals surface area contributed by atoms with E-state index in [0.717, 1.165) is 0 Å². The van der Waals surface area contributed by atoms with Crippen LogP contribution in [0.25, 0.3) is 0 Å². The van der Waals surface area contributed by atoms with Crippen LogP contribution in [-0.2, 0) is 11.4 Å². The number of carboxylic acid groups (broad SMARTS) is 1. The number of carbonyl (C=O) groups excluding carboxylic acids is 1. The van der Waals surface area contributed by atoms with Gasteiger partial charge >= 0.3 is 5.97 Å². The first-order valence-corrected chi connectivity index (χ1v) is 8.57. The number of nitrogens with zero attached hydrogens (tertiary/aromatic N) is 1. The van der Waals surface area contributed by atoms with Crippen LogP contribution in [0.5, 0.6) is 5.75 Å². The van der Waals surface area contributed by atoms with Crippen molar-refractivity contribution < 1.29 is 23.8 Å². The molecule has 0 spiro atoms. The van der Waals surface area contributed by atoms with Gasteiger partial charge in [0.25, 0.3) is 5.91 Å². The predicted octanol–water partition coefficient (Wildman–Crippen LogP) is 2.76. The molecule has 1 aromatic carbocycles. The summed E-state index contributed by atoms with van der Waals surface area (Å²) in [6.07, 6.45) is 1.17. The molecule has 0 atom stereocenters. The Morgan fingerprint density at radius 2 is 2.04 bits per heavy atom. The summed E-state index contributed by atoms with van der Waals surface area (Å²) in [4.78, 5) is 28.2. The van der Waals surface area contributed by atoms with Crippen LogP contribution in [0.15, 0.2) is 24.3 Å². The molecule has 0 saturated heterocycles. The Bertz CT molecular complexity index is 799. The molecule has 1 fully saturated rings. The van der Waals surface area contributed by atoms with Crippen LogP contribution in [-0.4, -0.2) is 28.5 Å². The number of amides is 1. The summed E-state index contributed by atoms with van der Waals surface area (Å²) >= 11 is 1.20. The number of halogens is 1. The maximum Gasteiger partial charge on any atom is 0.311 e. The van der Waals surface area contributed by atoms with Crippen molar-refractivity contribution in [1.29, 1.82) is 0 Å². The van der Waals surface area contributed by atoms with E-state index in [4.69, 9.17) is 9.84 Å². The van der Waals surface area contributed by atoms with Gasteiger partial charge in [0.2, 0.25) is 0 Å². The second-order valence-electron chi connectivity index (χ2n) is 6.03. The molecule has 1 aliphatic rings. The van der Waals surface area contributed by atoms with Gasteiger partial charge in [-0.1, -0.05) is 0 Å². The Kier molecular flexibility index (Phi) is 4.71. The zero-order valence-electron chi connectivity index (χ0n) is 13.5. The number of carbonyl (C=O) groups is 2. The number of hydrogen-bond donors (Lipinski definition) is 2. The fraction of sp³-hybridized carbons (Fsp3) is 0.353. The molecular weight excluding hydrogens is 347 g/mol. The summed E-state index contributed by atoms with van der Waals surface area (Å²) in [6, 6.07) is 5.64. The molecule has 25 heavy (non-hydrogen) atoms. The van der Waals surface area contributed by atoms with Gasteiger partial charge in [-0.05, 0) is 44.0 Å². The van der Waals surface area contributed by atoms with E-state index in [0.29, 0.717) is 34.2 Å². The van der Waals surface area contributed by atoms with E-state index < -0.39 is 11.4 Å². The van der Waals surface area contributed by atoms with E-state index in [1.807, 2.05) is 0 Å². The molecule has 1 aromatic heterocycles. The molecule has 8 heteroatoms. The fourth-order valence-corrected chi connectivity index (χ4v) is 3.24. The first-order valence-electron chi connectivity index (χ1n) is 7.76. The first-order chi connectivity index (χ1) is 11.9. The van der Waals surface area contributed by atoms with Gasteiger partial charge < -0.3 is 15.2 Å². The minimum atomic E-state index is -0.873. The van der Waals surface area contributed by atoms with Crippen molar-refractivity contribution in [3.8, 4) is 5.75 Å². The van der Waals surface area contributed by atoms with Gasteiger partial charge in [-0.2, -0.15) is 0 Å². The van der Waals surface area contributed by atoms with Gasteiger partial charge in [0.05, 0.1) is 11.1 Å². The first kappa shape index (κ1) is 17.3. The number of aryl methyl sites for hydroxylation is 1. The second kappa shape index (κ2) is 6.79. The molecule has 0 bridgehead atoms. The average molecular weight is 364 g/mol. The molecule has 2 aromatic rings. The summed E-state index contributed by atoms with van der Waals surface area (Å²) < 4.78 is 18.4. The van der Waals surface area contributed by atoms with E-state index >= 15 is 0 Å². The van der Waals surface area contributed by atoms with E-state index in [-0.39, 0.29) is 24.9 Å². The maximum absolute atomic E-state index is 12.9. The number of aromatic nitrogens is 1. The van der Waals surface area contributed by atoms with E-state index in [1.165, 1.54) is 35.6 Å². The number of rotatable bonds is 7. The van der Waals surface area contributed by atoms with Crippen molar-refractivity contribution in [1.82, 2.24) is 10.3 Å². The minimum Gasteiger partial charge on any atom is -0.486 e. The van der Waals surface area contributed by atoms with Crippen LogP contribution in [0.2, 0.25) is 0 Å². The highest BCUT2D eigenvalue weighted by Crippen LogP contribution is 2.45. The highest BCUT2D eigenvalue weighted by atomic mass is 32.1. The highest BCUT2D eigenvalue weighted by molar-refractivity contribution is 7.13. The number of nitrogens with one attached hydrogen (secondary N) is 1. The number of carboxylic acids is 1. The molecule has 2 N–H and O–H groups in total. The molecule has 1 amide bonds. The molecule has 1 saturated carbocycles. The lowest BCUT2D eigenvalue weighted by atomic mass is 10.1. The van der Waals surface area contributed by atoms with Crippen LogP contribution in [0.3, 0.4) is 0 Å². The summed E-state index contributed by atoms with van der Waals surface area (Å²) in [5.41, 5.74) is -0.233. The number of hydrogen-bond acceptors (Lipinski definition) is 5. The Morgan fingerprint density at radius 1 is 1.36 bits per heavy atom. The van der Waals surface area contributed by atoms with Gasteiger partial charge in [0, 0.05) is 6.54 Å². The molecule has 1 heterocycles. The second-order valence-corrected chi connectivity index (χ2v) is 7.12. The standard InChI is InChI=1S/C17H17FN2O4S/c1-10-14(15(21)19-9-17(6-7-17)16(22)23)25-13(20-10)8-24-12-4-2-11(18)3-5-12/h2-5H,6-9H2,1H3,(H,19,21)(H,22,23). The molecule has 0 radical (unpaired) electrons. The summed E-state index contributed by atoms with van der Waals surface area (Å²) in [6.45, 7) is 2.01. The Hall–Kier alpha value is -2.48. The van der Waals surface area contributed by atoms with E-state index in [9.17, 15) is 14.0 Å². The van der Waals surface area contributed by atoms with Crippen LogP contribution in [0, 0.1) is 18.2 Å². The predicted molar refractivity (Wildman–Crippen MR) is 89.2 cm³/mol. The molecule has 1 aliphatic carbocycles. The third kappa shape index (κ3) is 3.96. The molecule has 132 valence electrons. The summed E-state index contributed by atoms with van der Waals surface area (Å²) in [5.74, 6) is -1.03. The van der Waals surface area contributed by atoms with Gasteiger partial charge in [0.1, 0.15) is 28.1 Å². The zero-order chi connectivity index (χ0) is 18.0. The van der Waals surface area contributed by atoms with Crippen molar-refractivity contribution in [2.75, 3.05) is 6.54 Å². The van der Waals surface area contributed by atoms with Crippen molar-refractivity contribution in [2.45, 2.75) is 26.4 Å². The van der Waals surface area contributed by atoms with Crippen molar-refractivity contribution in [3.63, 3.8) is 0 Å². The molecular formula is C17H17FN2O4S. The molecule has 6 nitrogen and oxygen atoms in total. The largest absolute Gasteiger partial charge is 0.486 e. The normalized spacial score (nSPS) is 14.8. The van der Waals surface area contributed by atoms with Gasteiger partial charge in [0.15, 0.2) is 0 Å². The smallest absolute Gasteiger partial charge is 0.311 e. The number of thiazole rings is 1. The lowest BCUT2D eigenvalue weighted by molar-refractivity contribution is -0.143. The quantitative estimate of drug-likeness (QED) is 0.789. The van der Waals surface area contributed by atoms with Crippen molar-refractivity contribution in [3.05, 3.63) is 45.7 Å². The Balaban J connectivity index is 1.58. The number of ether oxygens (including phenoxy) is 1. The topological polar surface area (TPSA) is 88.5 Å². The van der Waals surface area contributed by atoms with E-state index in [1.54, 1.807) is 6.92 Å². The van der Waals surface area contributed by atoms with Crippen LogP contribution in [0.4, 0.5) is 4.39 Å². The molecule has 0 unspecified atom stereocenters. The van der Waals surface area contributed by atoms with Gasteiger partial charge in [-0.3, -0.25) is 9.59 Å². The highest BCUT2D eigenvalue weighted by Gasteiger charge is 2.50. The van der Waals surface area contributed by atoms with Crippen molar-refractivity contribution in [2.24, 2.45) is 5.41 Å². The number of aliphatic carboxylic acids is 1. The van der Waals surface area contributed by atoms with Crippen LogP contribution in [0.1, 0.15) is 33.2 Å². The van der Waals surface area contributed by atoms with Crippen molar-refractivity contribution >= 4 is 23.2 Å². The summed E-state index contributed by atoms with van der Waals surface area (Å²) in [5, 5.41) is 12.4. The van der Waals surface area contributed by atoms with Gasteiger partial charge in [-0.25, -0.2) is 9.37 Å². The lowest BCUT2D eigenvalue weighted by Gasteiger charge is -2.10. The monoisotopic (exact) mass is 364 g/mol. The average Bonchev–Trinajstić information content (AvgIpc) is 3.29. The molecule has 3 rings (SSSR count). The third-order valence-electron chi connectivity index (χ3n) is 4.12.